The number of aromatic nitrogens is 1. The van der Waals surface area contributed by atoms with E-state index in [-0.39, 0.29) is 23.0 Å². The van der Waals surface area contributed by atoms with E-state index < -0.39 is 0 Å². The molecule has 1 unspecified atom stereocenters. The molecule has 0 saturated heterocycles. The highest BCUT2D eigenvalue weighted by Gasteiger charge is 2.18. The molecule has 0 saturated carbocycles. The Morgan fingerprint density at radius 3 is 2.28 bits per heavy atom. The molecule has 174 valence electrons. The number of hydrogen-bond acceptors (Lipinski definition) is 5. The number of carbonyl (C=O) groups excluding carboxylic acids is 2. The fraction of sp³-hybridized carbons (Fsp3) is 0.400. The van der Waals surface area contributed by atoms with E-state index in [9.17, 15) is 14.4 Å². The minimum absolute atomic E-state index is 0.0420. The molecule has 0 bridgehead atoms. The van der Waals surface area contributed by atoms with E-state index >= 15 is 0 Å². The summed E-state index contributed by atoms with van der Waals surface area (Å²) in [6, 6.07) is 6.45. The molecule has 6 nitrogen and oxygen atoms in total. The first-order chi connectivity index (χ1) is 14.8. The van der Waals surface area contributed by atoms with Gasteiger partial charge in [0, 0.05) is 28.3 Å². The van der Waals surface area contributed by atoms with Gasteiger partial charge in [-0.25, -0.2) is 0 Å². The monoisotopic (exact) mass is 461 g/mol. The van der Waals surface area contributed by atoms with Crippen LogP contribution in [0.2, 0.25) is 5.02 Å². The first-order valence-corrected chi connectivity index (χ1v) is 10.5. The number of ketones is 1. The van der Waals surface area contributed by atoms with Crippen molar-refractivity contribution in [2.24, 2.45) is 0 Å². The van der Waals surface area contributed by atoms with Crippen LogP contribution in [0.3, 0.4) is 0 Å². The van der Waals surface area contributed by atoms with Crippen molar-refractivity contribution in [3.8, 4) is 16.9 Å². The normalized spacial score (nSPS) is 11.6. The second-order valence-corrected chi connectivity index (χ2v) is 9.02. The minimum Gasteiger partial charge on any atom is -0.495 e. The summed E-state index contributed by atoms with van der Waals surface area (Å²) in [7, 11) is 1.54. The Kier molecular flexibility index (Phi) is 9.91. The van der Waals surface area contributed by atoms with E-state index in [2.05, 4.69) is 11.3 Å². The Labute approximate surface area is 194 Å². The largest absolute Gasteiger partial charge is 0.495 e. The minimum atomic E-state index is -0.318. The first-order valence-electron chi connectivity index (χ1n) is 10.2. The molecule has 1 aromatic carbocycles. The zero-order valence-corrected chi connectivity index (χ0v) is 20.6. The van der Waals surface area contributed by atoms with Crippen molar-refractivity contribution in [1.82, 2.24) is 4.57 Å². The van der Waals surface area contributed by atoms with E-state index in [1.54, 1.807) is 29.0 Å². The molecule has 1 heterocycles. The molecule has 0 spiro atoms. The molecule has 32 heavy (non-hydrogen) atoms. The van der Waals surface area contributed by atoms with Crippen LogP contribution in [0.1, 0.15) is 64.4 Å². The summed E-state index contributed by atoms with van der Waals surface area (Å²) >= 11 is 6.10. The number of nitrogens with zero attached hydrogens (tertiary/aromatic N) is 1. The zero-order valence-electron chi connectivity index (χ0n) is 19.8. The summed E-state index contributed by atoms with van der Waals surface area (Å²) in [5.41, 5.74) is 2.15. The van der Waals surface area contributed by atoms with Crippen molar-refractivity contribution in [2.45, 2.75) is 59.6 Å². The Hall–Kier alpha value is -2.86. The Balaban J connectivity index is 0.000000633. The number of allylic oxidation sites excluding steroid dienone is 1. The molecule has 0 aliphatic rings. The number of carbonyl (C=O) groups is 2. The topological polar surface area (TPSA) is 74.6 Å². The molecule has 2 rings (SSSR count). The summed E-state index contributed by atoms with van der Waals surface area (Å²) in [6.45, 7) is 15.2. The van der Waals surface area contributed by atoms with Crippen LogP contribution >= 0.6 is 11.6 Å². The SMILES string of the molecule is C=C(C)CC(C)n1cc(OC)c(-c2cc(Cl)ccc2C(C)=O)cc1=O.CC(C)(C)OC=O. The van der Waals surface area contributed by atoms with Gasteiger partial charge in [-0.05, 0) is 71.7 Å². The van der Waals surface area contributed by atoms with E-state index in [0.29, 0.717) is 40.4 Å². The maximum Gasteiger partial charge on any atom is 0.293 e. The van der Waals surface area contributed by atoms with E-state index in [1.807, 2.05) is 34.6 Å². The Morgan fingerprint density at radius 1 is 1.22 bits per heavy atom. The van der Waals surface area contributed by atoms with Gasteiger partial charge in [-0.1, -0.05) is 17.2 Å². The second-order valence-electron chi connectivity index (χ2n) is 8.58. The standard InChI is InChI=1S/C20H22ClNO3.C5H10O2/c1-12(2)8-13(3)22-11-19(25-5)18(10-20(22)24)17-9-15(21)6-7-16(17)14(4)23;1-5(2,3)7-4-6/h6-7,9-11,13H,1,8H2,2-5H3;4H,1-3H3. The number of halogens is 1. The number of methoxy groups -OCH3 is 1. The lowest BCUT2D eigenvalue weighted by molar-refractivity contribution is -0.138. The van der Waals surface area contributed by atoms with Gasteiger partial charge in [0.15, 0.2) is 5.78 Å². The van der Waals surface area contributed by atoms with E-state index in [4.69, 9.17) is 16.3 Å². The van der Waals surface area contributed by atoms with Crippen molar-refractivity contribution in [3.05, 3.63) is 63.6 Å². The third kappa shape index (κ3) is 8.00. The van der Waals surface area contributed by atoms with Crippen LogP contribution in [-0.4, -0.2) is 29.5 Å². The second kappa shape index (κ2) is 11.7. The molecular formula is C25H32ClNO5. The molecule has 0 N–H and O–H groups in total. The summed E-state index contributed by atoms with van der Waals surface area (Å²) in [5.74, 6) is 0.409. The first kappa shape index (κ1) is 27.2. The predicted octanol–water partition coefficient (Wildman–Crippen LogP) is 5.87. The van der Waals surface area contributed by atoms with E-state index in [1.165, 1.54) is 20.1 Å². The molecule has 0 amide bonds. The fourth-order valence-electron chi connectivity index (χ4n) is 3.04. The third-order valence-electron chi connectivity index (χ3n) is 4.44. The number of rotatable bonds is 7. The predicted molar refractivity (Wildman–Crippen MR) is 129 cm³/mol. The molecule has 0 aliphatic heterocycles. The molecule has 0 fully saturated rings. The number of benzene rings is 1. The van der Waals surface area contributed by atoms with Crippen molar-refractivity contribution < 1.29 is 19.1 Å². The maximum atomic E-state index is 12.6. The van der Waals surface area contributed by atoms with Crippen molar-refractivity contribution in [2.75, 3.05) is 7.11 Å². The highest BCUT2D eigenvalue weighted by Crippen LogP contribution is 2.34. The van der Waals surface area contributed by atoms with Gasteiger partial charge in [-0.15, -0.1) is 6.58 Å². The number of hydrogen-bond donors (Lipinski definition) is 0. The van der Waals surface area contributed by atoms with Gasteiger partial charge >= 0.3 is 0 Å². The van der Waals surface area contributed by atoms with Crippen LogP contribution in [0.5, 0.6) is 5.75 Å². The number of ether oxygens (including phenoxy) is 2. The van der Waals surface area contributed by atoms with Gasteiger partial charge < -0.3 is 14.0 Å². The molecule has 2 aromatic rings. The summed E-state index contributed by atoms with van der Waals surface area (Å²) in [4.78, 5) is 34.2. The van der Waals surface area contributed by atoms with Crippen LogP contribution in [-0.2, 0) is 9.53 Å². The zero-order chi connectivity index (χ0) is 24.6. The molecule has 1 aromatic heterocycles. The number of pyridine rings is 1. The van der Waals surface area contributed by atoms with Crippen LogP contribution in [0.15, 0.2) is 47.4 Å². The van der Waals surface area contributed by atoms with Gasteiger partial charge in [0.2, 0.25) is 0 Å². The van der Waals surface area contributed by atoms with Crippen LogP contribution in [0.25, 0.3) is 11.1 Å². The Morgan fingerprint density at radius 2 is 1.84 bits per heavy atom. The average Bonchev–Trinajstić information content (AvgIpc) is 2.66. The lowest BCUT2D eigenvalue weighted by Gasteiger charge is -2.19. The summed E-state index contributed by atoms with van der Waals surface area (Å²) in [6.07, 6.45) is 2.37. The van der Waals surface area contributed by atoms with Crippen LogP contribution in [0, 0.1) is 0 Å². The molecule has 0 aliphatic carbocycles. The number of Topliss-reactive ketones (excluding diaryl/α,β-unsaturated/α-hetero) is 1. The van der Waals surface area contributed by atoms with Gasteiger partial charge in [0.1, 0.15) is 11.4 Å². The summed E-state index contributed by atoms with van der Waals surface area (Å²) in [5, 5.41) is 0.488. The quantitative estimate of drug-likeness (QED) is 0.293. The molecule has 1 atom stereocenters. The molecular weight excluding hydrogens is 430 g/mol. The van der Waals surface area contributed by atoms with Gasteiger partial charge in [-0.2, -0.15) is 0 Å². The van der Waals surface area contributed by atoms with Gasteiger partial charge in [-0.3, -0.25) is 14.4 Å². The van der Waals surface area contributed by atoms with Crippen LogP contribution < -0.4 is 10.3 Å². The highest BCUT2D eigenvalue weighted by molar-refractivity contribution is 6.31. The molecule has 0 radical (unpaired) electrons. The lowest BCUT2D eigenvalue weighted by Crippen LogP contribution is -2.23. The Bertz CT molecular complexity index is 1030. The average molecular weight is 462 g/mol. The van der Waals surface area contributed by atoms with Crippen molar-refractivity contribution in [1.29, 1.82) is 0 Å². The third-order valence-corrected chi connectivity index (χ3v) is 4.67. The smallest absolute Gasteiger partial charge is 0.293 e. The van der Waals surface area contributed by atoms with Gasteiger partial charge in [0.25, 0.3) is 12.0 Å². The lowest BCUT2D eigenvalue weighted by atomic mass is 9.97. The van der Waals surface area contributed by atoms with Crippen LogP contribution in [0.4, 0.5) is 0 Å². The van der Waals surface area contributed by atoms with Crippen molar-refractivity contribution in [3.63, 3.8) is 0 Å². The maximum absolute atomic E-state index is 12.6. The summed E-state index contributed by atoms with van der Waals surface area (Å²) < 4.78 is 11.7. The fourth-order valence-corrected chi connectivity index (χ4v) is 3.21. The van der Waals surface area contributed by atoms with Crippen molar-refractivity contribution >= 4 is 23.9 Å². The van der Waals surface area contributed by atoms with Gasteiger partial charge in [0.05, 0.1) is 13.3 Å². The highest BCUT2D eigenvalue weighted by atomic mass is 35.5. The molecule has 7 heteroatoms. The van der Waals surface area contributed by atoms with E-state index in [0.717, 1.165) is 5.57 Å².